The molecule has 0 aliphatic heterocycles. The molecule has 0 heterocycles. The molecule has 142 valence electrons. The van der Waals surface area contributed by atoms with Crippen molar-refractivity contribution in [3.8, 4) is 0 Å². The van der Waals surface area contributed by atoms with Crippen LogP contribution in [0.4, 0.5) is 0 Å². The second-order valence-corrected chi connectivity index (χ2v) is 8.97. The first-order chi connectivity index (χ1) is 12.2. The average Bonchev–Trinajstić information content (AvgIpc) is 2.63. The average molecular weight is 365 g/mol. The van der Waals surface area contributed by atoms with E-state index in [1.807, 2.05) is 6.07 Å². The molecule has 0 N–H and O–H groups in total. The molecule has 0 aliphatic rings. The van der Waals surface area contributed by atoms with Gasteiger partial charge in [-0.1, -0.05) is 88.6 Å². The lowest BCUT2D eigenvalue weighted by molar-refractivity contribution is 0.568. The number of rotatable bonds is 15. The van der Waals surface area contributed by atoms with E-state index >= 15 is 0 Å². The number of hydrogen-bond donors (Lipinski definition) is 0. The van der Waals surface area contributed by atoms with Crippen LogP contribution in [-0.2, 0) is 9.84 Å². The Bertz CT molecular complexity index is 547. The molecule has 1 aromatic rings. The molecule has 1 aromatic carbocycles. The molecule has 0 aromatic heterocycles. The summed E-state index contributed by atoms with van der Waals surface area (Å²) in [6.45, 7) is 2.23. The largest absolute Gasteiger partial charge is 0.224 e. The smallest absolute Gasteiger partial charge is 0.178 e. The highest BCUT2D eigenvalue weighted by atomic mass is 32.2. The van der Waals surface area contributed by atoms with E-state index in [-0.39, 0.29) is 5.75 Å². The summed E-state index contributed by atoms with van der Waals surface area (Å²) in [5.74, 6) is 0.279. The molecule has 2 nitrogen and oxygen atoms in total. The maximum Gasteiger partial charge on any atom is 0.178 e. The third kappa shape index (κ3) is 11.2. The van der Waals surface area contributed by atoms with E-state index in [2.05, 4.69) is 19.1 Å². The fourth-order valence-corrected chi connectivity index (χ4v) is 4.31. The monoisotopic (exact) mass is 364 g/mol. The van der Waals surface area contributed by atoms with Gasteiger partial charge in [-0.05, 0) is 37.8 Å². The van der Waals surface area contributed by atoms with Gasteiger partial charge in [0.25, 0.3) is 0 Å². The molecule has 0 bridgehead atoms. The Morgan fingerprint density at radius 1 is 0.720 bits per heavy atom. The SMILES string of the molecule is CCCC/C=C\CCCCCCCCCCS(=O)(=O)c1ccccc1. The van der Waals surface area contributed by atoms with Gasteiger partial charge < -0.3 is 0 Å². The van der Waals surface area contributed by atoms with E-state index in [9.17, 15) is 8.42 Å². The predicted octanol–water partition coefficient (Wildman–Crippen LogP) is 6.72. The van der Waals surface area contributed by atoms with Crippen LogP contribution >= 0.6 is 0 Å². The van der Waals surface area contributed by atoms with Gasteiger partial charge in [0.15, 0.2) is 9.84 Å². The second kappa shape index (κ2) is 14.1. The highest BCUT2D eigenvalue weighted by Crippen LogP contribution is 2.14. The zero-order valence-electron chi connectivity index (χ0n) is 16.0. The minimum absolute atomic E-state index is 0.279. The molecule has 0 spiro atoms. The maximum atomic E-state index is 12.1. The fraction of sp³-hybridized carbons (Fsp3) is 0.636. The first-order valence-corrected chi connectivity index (χ1v) is 11.7. The lowest BCUT2D eigenvalue weighted by Gasteiger charge is -2.04. The summed E-state index contributed by atoms with van der Waals surface area (Å²) in [7, 11) is -3.08. The van der Waals surface area contributed by atoms with Crippen molar-refractivity contribution in [1.29, 1.82) is 0 Å². The summed E-state index contributed by atoms with van der Waals surface area (Å²) in [5, 5.41) is 0. The van der Waals surface area contributed by atoms with Crippen LogP contribution in [-0.4, -0.2) is 14.2 Å². The molecule has 0 unspecified atom stereocenters. The Morgan fingerprint density at radius 3 is 1.84 bits per heavy atom. The topological polar surface area (TPSA) is 34.1 Å². The van der Waals surface area contributed by atoms with Crippen LogP contribution in [0, 0.1) is 0 Å². The van der Waals surface area contributed by atoms with Crippen LogP contribution in [0.1, 0.15) is 84.0 Å². The zero-order chi connectivity index (χ0) is 18.2. The van der Waals surface area contributed by atoms with Gasteiger partial charge in [-0.3, -0.25) is 0 Å². The van der Waals surface area contributed by atoms with Crippen molar-refractivity contribution in [2.75, 3.05) is 5.75 Å². The Labute approximate surface area is 155 Å². The zero-order valence-corrected chi connectivity index (χ0v) is 16.8. The van der Waals surface area contributed by atoms with Crippen LogP contribution in [0.25, 0.3) is 0 Å². The van der Waals surface area contributed by atoms with Gasteiger partial charge in [0.1, 0.15) is 0 Å². The number of unbranched alkanes of at least 4 members (excludes halogenated alkanes) is 10. The Kier molecular flexibility index (Phi) is 12.4. The van der Waals surface area contributed by atoms with E-state index < -0.39 is 9.84 Å². The molecule has 0 saturated heterocycles. The number of hydrogen-bond acceptors (Lipinski definition) is 2. The molecule has 0 radical (unpaired) electrons. The van der Waals surface area contributed by atoms with Gasteiger partial charge >= 0.3 is 0 Å². The summed E-state index contributed by atoms with van der Waals surface area (Å²) in [5.41, 5.74) is 0. The molecule has 0 aliphatic carbocycles. The summed E-state index contributed by atoms with van der Waals surface area (Å²) >= 11 is 0. The van der Waals surface area contributed by atoms with Crippen LogP contribution < -0.4 is 0 Å². The maximum absolute atomic E-state index is 12.1. The molecule has 25 heavy (non-hydrogen) atoms. The van der Waals surface area contributed by atoms with Gasteiger partial charge in [0.2, 0.25) is 0 Å². The van der Waals surface area contributed by atoms with Crippen molar-refractivity contribution in [2.24, 2.45) is 0 Å². The molecule has 0 amide bonds. The lowest BCUT2D eigenvalue weighted by Crippen LogP contribution is -2.06. The van der Waals surface area contributed by atoms with Crippen molar-refractivity contribution < 1.29 is 8.42 Å². The Morgan fingerprint density at radius 2 is 1.24 bits per heavy atom. The van der Waals surface area contributed by atoms with Gasteiger partial charge in [0.05, 0.1) is 10.6 Å². The van der Waals surface area contributed by atoms with Crippen molar-refractivity contribution >= 4 is 9.84 Å². The number of benzene rings is 1. The third-order valence-electron chi connectivity index (χ3n) is 4.53. The molecule has 0 saturated carbocycles. The summed E-state index contributed by atoms with van der Waals surface area (Å²) in [4.78, 5) is 0.457. The van der Waals surface area contributed by atoms with Crippen molar-refractivity contribution in [1.82, 2.24) is 0 Å². The lowest BCUT2D eigenvalue weighted by atomic mass is 10.1. The van der Waals surface area contributed by atoms with Crippen LogP contribution in [0.5, 0.6) is 0 Å². The normalized spacial score (nSPS) is 12.0. The van der Waals surface area contributed by atoms with E-state index in [0.29, 0.717) is 4.90 Å². The van der Waals surface area contributed by atoms with E-state index in [1.54, 1.807) is 24.3 Å². The molecule has 0 fully saturated rings. The highest BCUT2D eigenvalue weighted by molar-refractivity contribution is 7.91. The summed E-state index contributed by atoms with van der Waals surface area (Å²) in [6, 6.07) is 8.80. The second-order valence-electron chi connectivity index (χ2n) is 6.86. The molecule has 0 atom stereocenters. The van der Waals surface area contributed by atoms with Gasteiger partial charge in [0, 0.05) is 0 Å². The first-order valence-electron chi connectivity index (χ1n) is 10.1. The fourth-order valence-electron chi connectivity index (χ4n) is 2.92. The molecular formula is C22H36O2S. The first kappa shape index (κ1) is 22.0. The van der Waals surface area contributed by atoms with Gasteiger partial charge in [-0.15, -0.1) is 0 Å². The van der Waals surface area contributed by atoms with Crippen LogP contribution in [0.15, 0.2) is 47.4 Å². The molecule has 3 heteroatoms. The standard InChI is InChI=1S/C22H36O2S/c1-2-3-4-5-6-7-8-9-10-11-12-13-14-18-21-25(23,24)22-19-16-15-17-20-22/h5-6,15-17,19-20H,2-4,7-14,18,21H2,1H3/b6-5-. The van der Waals surface area contributed by atoms with Crippen molar-refractivity contribution in [3.63, 3.8) is 0 Å². The molecule has 1 rings (SSSR count). The highest BCUT2D eigenvalue weighted by Gasteiger charge is 2.12. The van der Waals surface area contributed by atoms with Crippen molar-refractivity contribution in [3.05, 3.63) is 42.5 Å². The van der Waals surface area contributed by atoms with Gasteiger partial charge in [-0.2, -0.15) is 0 Å². The summed E-state index contributed by atoms with van der Waals surface area (Å²) < 4.78 is 24.3. The number of allylic oxidation sites excluding steroid dienone is 2. The minimum Gasteiger partial charge on any atom is -0.224 e. The Balaban J connectivity index is 1.93. The van der Waals surface area contributed by atoms with Crippen LogP contribution in [0.3, 0.4) is 0 Å². The predicted molar refractivity (Wildman–Crippen MR) is 109 cm³/mol. The Hall–Kier alpha value is -1.09. The van der Waals surface area contributed by atoms with E-state index in [4.69, 9.17) is 0 Å². The minimum atomic E-state index is -3.08. The van der Waals surface area contributed by atoms with Gasteiger partial charge in [-0.25, -0.2) is 8.42 Å². The van der Waals surface area contributed by atoms with Crippen LogP contribution in [0.2, 0.25) is 0 Å². The van der Waals surface area contributed by atoms with E-state index in [0.717, 1.165) is 19.3 Å². The summed E-state index contributed by atoms with van der Waals surface area (Å²) in [6.07, 6.45) is 19.1. The van der Waals surface area contributed by atoms with Crippen molar-refractivity contribution in [2.45, 2.75) is 88.9 Å². The number of sulfone groups is 1. The molecular weight excluding hydrogens is 328 g/mol. The third-order valence-corrected chi connectivity index (χ3v) is 6.34. The van der Waals surface area contributed by atoms with E-state index in [1.165, 1.54) is 57.8 Å². The quantitative estimate of drug-likeness (QED) is 0.256.